The molecule has 0 bridgehead atoms. The van der Waals surface area contributed by atoms with Gasteiger partial charge in [-0.3, -0.25) is 4.79 Å². The molecule has 168 valence electrons. The van der Waals surface area contributed by atoms with Crippen molar-refractivity contribution in [1.29, 1.82) is 0 Å². The number of carbonyl (C=O) groups is 1. The van der Waals surface area contributed by atoms with E-state index in [4.69, 9.17) is 0 Å². The molecule has 3 saturated carbocycles. The summed E-state index contributed by atoms with van der Waals surface area (Å²) >= 11 is 0. The van der Waals surface area contributed by atoms with Crippen LogP contribution < -0.4 is 5.32 Å². The lowest BCUT2D eigenvalue weighted by molar-refractivity contribution is -0.128. The molecule has 1 aliphatic heterocycles. The summed E-state index contributed by atoms with van der Waals surface area (Å²) in [5.74, 6) is 5.17. The number of aromatic nitrogens is 2. The van der Waals surface area contributed by atoms with Crippen molar-refractivity contribution in [2.24, 2.45) is 35.5 Å². The van der Waals surface area contributed by atoms with Gasteiger partial charge in [0.1, 0.15) is 5.82 Å². The van der Waals surface area contributed by atoms with Crippen molar-refractivity contribution in [2.45, 2.75) is 64.0 Å². The van der Waals surface area contributed by atoms with Gasteiger partial charge in [0.05, 0.1) is 6.04 Å². The largest absolute Gasteiger partial charge is 0.349 e. The SMILES string of the molecule is CC[C@@H](NC(=O)[C@@H]1CC[C@H]2[C@@H]3CCC4[C@H](C=Cc5nccn54)[C@H]3CC[C@@H]21)c1ccccc1. The van der Waals surface area contributed by atoms with Crippen LogP contribution in [0.1, 0.15) is 75.3 Å². The van der Waals surface area contributed by atoms with Gasteiger partial charge in [-0.15, -0.1) is 0 Å². The van der Waals surface area contributed by atoms with Gasteiger partial charge in [-0.1, -0.05) is 43.3 Å². The minimum absolute atomic E-state index is 0.131. The summed E-state index contributed by atoms with van der Waals surface area (Å²) in [6.45, 7) is 2.17. The Hall–Kier alpha value is -2.36. The molecule has 32 heavy (non-hydrogen) atoms. The number of amides is 1. The second kappa shape index (κ2) is 8.20. The highest BCUT2D eigenvalue weighted by Crippen LogP contribution is 2.58. The quantitative estimate of drug-likeness (QED) is 0.668. The van der Waals surface area contributed by atoms with Crippen LogP contribution in [0.15, 0.2) is 48.8 Å². The van der Waals surface area contributed by atoms with E-state index in [1.807, 2.05) is 12.3 Å². The van der Waals surface area contributed by atoms with Crippen LogP contribution >= 0.6 is 0 Å². The molecule has 2 heterocycles. The van der Waals surface area contributed by atoms with E-state index in [1.165, 1.54) is 37.7 Å². The average molecular weight is 430 g/mol. The van der Waals surface area contributed by atoms with Gasteiger partial charge in [-0.2, -0.15) is 0 Å². The number of nitrogens with one attached hydrogen (secondary N) is 1. The van der Waals surface area contributed by atoms with E-state index in [0.717, 1.165) is 36.4 Å². The van der Waals surface area contributed by atoms with Crippen molar-refractivity contribution in [3.63, 3.8) is 0 Å². The number of fused-ring (bicyclic) bond motifs is 7. The van der Waals surface area contributed by atoms with E-state index in [2.05, 4.69) is 64.4 Å². The standard InChI is InChI=1S/C28H35N3O/c1-2-25(18-6-4-3-5-7-18)30-28(32)24-11-10-19-20-12-14-26-23(21(20)8-9-22(19)24)13-15-27-29-16-17-31(26)27/h3-7,13,15-17,19-26H,2,8-12,14H2,1H3,(H,30,32)/t19-,20-,21-,22-,23+,24+,25+,26?/m0/s1. The molecule has 1 aromatic heterocycles. The molecule has 0 saturated heterocycles. The molecule has 1 unspecified atom stereocenters. The Balaban J connectivity index is 1.16. The van der Waals surface area contributed by atoms with Crippen molar-refractivity contribution in [3.8, 4) is 0 Å². The Morgan fingerprint density at radius 2 is 1.78 bits per heavy atom. The van der Waals surface area contributed by atoms with Crippen molar-refractivity contribution in [3.05, 3.63) is 60.2 Å². The van der Waals surface area contributed by atoms with Gasteiger partial charge >= 0.3 is 0 Å². The van der Waals surface area contributed by atoms with Crippen molar-refractivity contribution in [2.75, 3.05) is 0 Å². The molecule has 4 aliphatic rings. The second-order valence-electron chi connectivity index (χ2n) is 10.6. The van der Waals surface area contributed by atoms with Crippen LogP contribution in [0.2, 0.25) is 0 Å². The third-order valence-electron chi connectivity index (χ3n) is 9.33. The summed E-state index contributed by atoms with van der Waals surface area (Å²) < 4.78 is 2.42. The fraction of sp³-hybridized carbons (Fsp3) is 0.571. The highest BCUT2D eigenvalue weighted by atomic mass is 16.2. The molecule has 0 radical (unpaired) electrons. The molecule has 4 nitrogen and oxygen atoms in total. The predicted molar refractivity (Wildman–Crippen MR) is 127 cm³/mol. The van der Waals surface area contributed by atoms with E-state index in [-0.39, 0.29) is 12.0 Å². The fourth-order valence-electron chi connectivity index (χ4n) is 7.95. The zero-order chi connectivity index (χ0) is 21.7. The monoisotopic (exact) mass is 429 g/mol. The van der Waals surface area contributed by atoms with Crippen molar-refractivity contribution < 1.29 is 4.79 Å². The first kappa shape index (κ1) is 20.3. The van der Waals surface area contributed by atoms with Crippen LogP contribution in [0.4, 0.5) is 0 Å². The summed E-state index contributed by atoms with van der Waals surface area (Å²) in [6, 6.07) is 11.2. The molecular weight excluding hydrogens is 394 g/mol. The Labute approximate surface area is 191 Å². The maximum Gasteiger partial charge on any atom is 0.223 e. The Kier molecular flexibility index (Phi) is 5.20. The number of nitrogens with zero attached hydrogens (tertiary/aromatic N) is 2. The normalized spacial score (nSPS) is 35.8. The molecule has 2 aromatic rings. The van der Waals surface area contributed by atoms with Crippen LogP contribution in [-0.4, -0.2) is 15.5 Å². The molecule has 6 rings (SSSR count). The highest BCUT2D eigenvalue weighted by Gasteiger charge is 2.52. The Morgan fingerprint density at radius 3 is 2.62 bits per heavy atom. The number of rotatable bonds is 4. The summed E-state index contributed by atoms with van der Waals surface area (Å²) in [5, 5.41) is 3.42. The van der Waals surface area contributed by atoms with Gasteiger partial charge < -0.3 is 9.88 Å². The Morgan fingerprint density at radius 1 is 1.03 bits per heavy atom. The lowest BCUT2D eigenvalue weighted by Crippen LogP contribution is -2.45. The van der Waals surface area contributed by atoms with E-state index >= 15 is 0 Å². The molecule has 8 atom stereocenters. The van der Waals surface area contributed by atoms with E-state index in [0.29, 0.717) is 23.8 Å². The van der Waals surface area contributed by atoms with E-state index < -0.39 is 0 Å². The average Bonchev–Trinajstić information content (AvgIpc) is 3.49. The summed E-state index contributed by atoms with van der Waals surface area (Å²) in [4.78, 5) is 17.9. The maximum atomic E-state index is 13.4. The minimum Gasteiger partial charge on any atom is -0.349 e. The molecule has 3 fully saturated rings. The van der Waals surface area contributed by atoms with Crippen molar-refractivity contribution >= 4 is 12.0 Å². The first-order valence-corrected chi connectivity index (χ1v) is 12.8. The Bertz CT molecular complexity index is 995. The third kappa shape index (κ3) is 3.25. The first-order chi connectivity index (χ1) is 15.7. The van der Waals surface area contributed by atoms with Gasteiger partial charge in [0.15, 0.2) is 0 Å². The summed E-state index contributed by atoms with van der Waals surface area (Å²) in [6.07, 6.45) is 17.2. The molecule has 0 spiro atoms. The zero-order valence-electron chi connectivity index (χ0n) is 19.1. The topological polar surface area (TPSA) is 46.9 Å². The van der Waals surface area contributed by atoms with E-state index in [1.54, 1.807) is 0 Å². The number of carbonyl (C=O) groups excluding carboxylic acids is 1. The molecule has 1 aromatic carbocycles. The van der Waals surface area contributed by atoms with Crippen LogP contribution in [0.5, 0.6) is 0 Å². The van der Waals surface area contributed by atoms with Gasteiger partial charge in [0.2, 0.25) is 5.91 Å². The van der Waals surface area contributed by atoms with Crippen molar-refractivity contribution in [1.82, 2.24) is 14.9 Å². The first-order valence-electron chi connectivity index (χ1n) is 12.8. The van der Waals surface area contributed by atoms with Crippen LogP contribution in [0.25, 0.3) is 6.08 Å². The lowest BCUT2D eigenvalue weighted by atomic mass is 9.56. The summed E-state index contributed by atoms with van der Waals surface area (Å²) in [7, 11) is 0. The van der Waals surface area contributed by atoms with Crippen LogP contribution in [0, 0.1) is 35.5 Å². The van der Waals surface area contributed by atoms with Gasteiger partial charge in [-0.25, -0.2) is 4.98 Å². The van der Waals surface area contributed by atoms with Crippen LogP contribution in [-0.2, 0) is 4.79 Å². The molecule has 3 aliphatic carbocycles. The molecular formula is C28H35N3O. The fourth-order valence-corrected chi connectivity index (χ4v) is 7.95. The number of hydrogen-bond donors (Lipinski definition) is 1. The predicted octanol–water partition coefficient (Wildman–Crippen LogP) is 5.80. The molecule has 1 amide bonds. The maximum absolute atomic E-state index is 13.4. The van der Waals surface area contributed by atoms with Gasteiger partial charge in [-0.05, 0) is 80.3 Å². The zero-order valence-corrected chi connectivity index (χ0v) is 19.1. The number of allylic oxidation sites excluding steroid dienone is 1. The molecule has 4 heteroatoms. The number of hydrogen-bond acceptors (Lipinski definition) is 2. The summed E-state index contributed by atoms with van der Waals surface area (Å²) in [5.41, 5.74) is 1.22. The van der Waals surface area contributed by atoms with E-state index in [9.17, 15) is 4.79 Å². The smallest absolute Gasteiger partial charge is 0.223 e. The van der Waals surface area contributed by atoms with Crippen LogP contribution in [0.3, 0.4) is 0 Å². The van der Waals surface area contributed by atoms with Gasteiger partial charge in [0, 0.05) is 30.3 Å². The highest BCUT2D eigenvalue weighted by molar-refractivity contribution is 5.79. The second-order valence-corrected chi connectivity index (χ2v) is 10.6. The minimum atomic E-state index is 0.131. The number of benzene rings is 1. The molecule has 1 N–H and O–H groups in total. The lowest BCUT2D eigenvalue weighted by Gasteiger charge is -2.51. The van der Waals surface area contributed by atoms with Gasteiger partial charge in [0.25, 0.3) is 0 Å². The third-order valence-corrected chi connectivity index (χ3v) is 9.33. The number of imidazole rings is 1.